The summed E-state index contributed by atoms with van der Waals surface area (Å²) in [4.78, 5) is 0. The molecule has 1 fully saturated rings. The molecule has 4 heteroatoms. The normalized spacial score (nSPS) is 24.0. The van der Waals surface area contributed by atoms with E-state index in [1.54, 1.807) is 6.92 Å². The molecule has 1 heterocycles. The van der Waals surface area contributed by atoms with Gasteiger partial charge in [0, 0.05) is 6.42 Å². The SMILES string of the molecule is C[C@H](O)[C@@H](O)CCC1O[C@@H](c2ccccc2)[C@H](c2ccccc2)O1. The van der Waals surface area contributed by atoms with Gasteiger partial charge in [-0.2, -0.15) is 0 Å². The molecule has 4 nitrogen and oxygen atoms in total. The Morgan fingerprint density at radius 1 is 0.833 bits per heavy atom. The van der Waals surface area contributed by atoms with Crippen LogP contribution in [0.3, 0.4) is 0 Å². The first-order chi connectivity index (χ1) is 11.6. The van der Waals surface area contributed by atoms with Crippen LogP contribution in [0, 0.1) is 0 Å². The van der Waals surface area contributed by atoms with Crippen molar-refractivity contribution in [2.24, 2.45) is 0 Å². The van der Waals surface area contributed by atoms with Crippen LogP contribution in [0.5, 0.6) is 0 Å². The molecule has 1 aliphatic rings. The summed E-state index contributed by atoms with van der Waals surface area (Å²) in [6.45, 7) is 1.58. The Kier molecular flexibility index (Phi) is 5.63. The topological polar surface area (TPSA) is 58.9 Å². The van der Waals surface area contributed by atoms with Crippen molar-refractivity contribution in [1.82, 2.24) is 0 Å². The lowest BCUT2D eigenvalue weighted by atomic mass is 9.99. The summed E-state index contributed by atoms with van der Waals surface area (Å²) in [7, 11) is 0. The molecule has 3 rings (SSSR count). The largest absolute Gasteiger partial charge is 0.391 e. The van der Waals surface area contributed by atoms with E-state index < -0.39 is 18.5 Å². The lowest BCUT2D eigenvalue weighted by molar-refractivity contribution is -0.0825. The van der Waals surface area contributed by atoms with Gasteiger partial charge >= 0.3 is 0 Å². The van der Waals surface area contributed by atoms with Gasteiger partial charge in [0.1, 0.15) is 12.2 Å². The Morgan fingerprint density at radius 2 is 1.29 bits per heavy atom. The van der Waals surface area contributed by atoms with Gasteiger partial charge in [-0.15, -0.1) is 0 Å². The van der Waals surface area contributed by atoms with Crippen molar-refractivity contribution >= 4 is 0 Å². The minimum atomic E-state index is -0.761. The molecule has 0 aromatic heterocycles. The number of aliphatic hydroxyl groups is 2. The molecule has 1 saturated heterocycles. The molecule has 0 saturated carbocycles. The fourth-order valence-corrected chi connectivity index (χ4v) is 2.98. The van der Waals surface area contributed by atoms with E-state index in [2.05, 4.69) is 0 Å². The average Bonchev–Trinajstić information content (AvgIpc) is 3.05. The third-order valence-electron chi connectivity index (χ3n) is 4.38. The fourth-order valence-electron chi connectivity index (χ4n) is 2.98. The van der Waals surface area contributed by atoms with Gasteiger partial charge in [-0.3, -0.25) is 0 Å². The van der Waals surface area contributed by atoms with Gasteiger partial charge < -0.3 is 19.7 Å². The molecule has 0 aliphatic carbocycles. The monoisotopic (exact) mass is 328 g/mol. The molecular formula is C20H24O4. The van der Waals surface area contributed by atoms with Crippen LogP contribution in [-0.2, 0) is 9.47 Å². The van der Waals surface area contributed by atoms with Gasteiger partial charge in [0.05, 0.1) is 12.2 Å². The first-order valence-corrected chi connectivity index (χ1v) is 8.42. The quantitative estimate of drug-likeness (QED) is 0.854. The maximum absolute atomic E-state index is 9.79. The van der Waals surface area contributed by atoms with Gasteiger partial charge in [0.15, 0.2) is 6.29 Å². The lowest BCUT2D eigenvalue weighted by Gasteiger charge is -2.17. The molecule has 0 radical (unpaired) electrons. The summed E-state index contributed by atoms with van der Waals surface area (Å²) in [6.07, 6.45) is -1.29. The number of hydrogen-bond acceptors (Lipinski definition) is 4. The highest BCUT2D eigenvalue weighted by Gasteiger charge is 2.38. The van der Waals surface area contributed by atoms with Crippen molar-refractivity contribution in [2.75, 3.05) is 0 Å². The Balaban J connectivity index is 1.75. The molecule has 0 amide bonds. The Labute approximate surface area is 142 Å². The third-order valence-corrected chi connectivity index (χ3v) is 4.38. The maximum Gasteiger partial charge on any atom is 0.159 e. The Hall–Kier alpha value is -1.72. The molecule has 0 unspecified atom stereocenters. The minimum Gasteiger partial charge on any atom is -0.391 e. The predicted molar refractivity (Wildman–Crippen MR) is 91.2 cm³/mol. The lowest BCUT2D eigenvalue weighted by Crippen LogP contribution is -2.24. The molecule has 128 valence electrons. The Morgan fingerprint density at radius 3 is 1.71 bits per heavy atom. The Bertz CT molecular complexity index is 567. The van der Waals surface area contributed by atoms with Crippen LogP contribution in [0.1, 0.15) is 43.1 Å². The molecule has 2 aromatic rings. The van der Waals surface area contributed by atoms with Crippen LogP contribution in [-0.4, -0.2) is 28.7 Å². The van der Waals surface area contributed by atoms with E-state index in [4.69, 9.17) is 9.47 Å². The van der Waals surface area contributed by atoms with Crippen molar-refractivity contribution in [1.29, 1.82) is 0 Å². The molecule has 2 N–H and O–H groups in total. The van der Waals surface area contributed by atoms with Crippen molar-refractivity contribution < 1.29 is 19.7 Å². The molecule has 1 aliphatic heterocycles. The fraction of sp³-hybridized carbons (Fsp3) is 0.400. The summed E-state index contributed by atoms with van der Waals surface area (Å²) in [5.74, 6) is 0. The van der Waals surface area contributed by atoms with Crippen molar-refractivity contribution in [2.45, 2.75) is 50.5 Å². The van der Waals surface area contributed by atoms with Gasteiger partial charge in [-0.25, -0.2) is 0 Å². The highest BCUT2D eigenvalue weighted by molar-refractivity contribution is 5.26. The standard InChI is InChI=1S/C20H24O4/c1-14(21)17(22)12-13-18-23-19(15-8-4-2-5-9-15)20(24-18)16-10-6-3-7-11-16/h2-11,14,17-22H,12-13H2,1H3/t14-,17-,19-,20-/m0/s1. The first kappa shape index (κ1) is 17.1. The maximum atomic E-state index is 9.79. The van der Waals surface area contributed by atoms with Gasteiger partial charge in [-0.1, -0.05) is 60.7 Å². The average molecular weight is 328 g/mol. The van der Waals surface area contributed by atoms with Crippen LogP contribution in [0.15, 0.2) is 60.7 Å². The van der Waals surface area contributed by atoms with Crippen LogP contribution in [0.2, 0.25) is 0 Å². The van der Waals surface area contributed by atoms with E-state index in [0.717, 1.165) is 11.1 Å². The summed E-state index contributed by atoms with van der Waals surface area (Å²) in [5.41, 5.74) is 2.15. The minimum absolute atomic E-state index is 0.178. The van der Waals surface area contributed by atoms with E-state index in [1.807, 2.05) is 60.7 Å². The number of aliphatic hydroxyl groups excluding tert-OH is 2. The third kappa shape index (κ3) is 4.02. The van der Waals surface area contributed by atoms with E-state index in [0.29, 0.717) is 12.8 Å². The second-order valence-corrected chi connectivity index (χ2v) is 6.25. The summed E-state index contributed by atoms with van der Waals surface area (Å²) >= 11 is 0. The second-order valence-electron chi connectivity index (χ2n) is 6.25. The molecule has 0 bridgehead atoms. The van der Waals surface area contributed by atoms with Crippen LogP contribution < -0.4 is 0 Å². The number of benzene rings is 2. The summed E-state index contributed by atoms with van der Waals surface area (Å²) in [6, 6.07) is 20.1. The zero-order valence-electron chi connectivity index (χ0n) is 13.8. The van der Waals surface area contributed by atoms with Gasteiger partial charge in [0.25, 0.3) is 0 Å². The molecule has 24 heavy (non-hydrogen) atoms. The van der Waals surface area contributed by atoms with Crippen molar-refractivity contribution in [3.05, 3.63) is 71.8 Å². The van der Waals surface area contributed by atoms with Gasteiger partial charge in [-0.05, 0) is 24.5 Å². The molecule has 4 atom stereocenters. The van der Waals surface area contributed by atoms with Crippen LogP contribution >= 0.6 is 0 Å². The van der Waals surface area contributed by atoms with Crippen molar-refractivity contribution in [3.8, 4) is 0 Å². The highest BCUT2D eigenvalue weighted by Crippen LogP contribution is 2.43. The second kappa shape index (κ2) is 7.90. The van der Waals surface area contributed by atoms with Crippen molar-refractivity contribution in [3.63, 3.8) is 0 Å². The van der Waals surface area contributed by atoms with E-state index in [9.17, 15) is 10.2 Å². The van der Waals surface area contributed by atoms with E-state index in [-0.39, 0.29) is 12.2 Å². The van der Waals surface area contributed by atoms with E-state index >= 15 is 0 Å². The number of ether oxygens (including phenoxy) is 2. The molecule has 2 aromatic carbocycles. The van der Waals surface area contributed by atoms with Gasteiger partial charge in [0.2, 0.25) is 0 Å². The summed E-state index contributed by atoms with van der Waals surface area (Å²) < 4.78 is 12.3. The zero-order valence-corrected chi connectivity index (χ0v) is 13.8. The zero-order chi connectivity index (χ0) is 16.9. The smallest absolute Gasteiger partial charge is 0.159 e. The molecular weight excluding hydrogens is 304 g/mol. The van der Waals surface area contributed by atoms with E-state index in [1.165, 1.54) is 0 Å². The first-order valence-electron chi connectivity index (χ1n) is 8.42. The molecule has 0 spiro atoms. The van der Waals surface area contributed by atoms with Crippen LogP contribution in [0.4, 0.5) is 0 Å². The predicted octanol–water partition coefficient (Wildman–Crippen LogP) is 3.36. The number of hydrogen-bond donors (Lipinski definition) is 2. The van der Waals surface area contributed by atoms with Crippen LogP contribution in [0.25, 0.3) is 0 Å². The number of rotatable bonds is 6. The highest BCUT2D eigenvalue weighted by atomic mass is 16.7. The summed E-state index contributed by atoms with van der Waals surface area (Å²) in [5, 5.41) is 19.2.